The fourth-order valence-corrected chi connectivity index (χ4v) is 1.96. The fraction of sp³-hybridized carbons (Fsp3) is 0.250. The third kappa shape index (κ3) is 4.94. The molecule has 2 unspecified atom stereocenters. The Morgan fingerprint density at radius 3 is 2.65 bits per heavy atom. The Balaban J connectivity index is 1.78. The molecule has 1 aromatic heterocycles. The molecule has 1 heterocycles. The van der Waals surface area contributed by atoms with Crippen molar-refractivity contribution in [1.82, 2.24) is 10.3 Å². The number of hydrogen-bond donors (Lipinski definition) is 4. The van der Waals surface area contributed by atoms with Crippen molar-refractivity contribution in [3.63, 3.8) is 0 Å². The summed E-state index contributed by atoms with van der Waals surface area (Å²) >= 11 is 0. The smallest absolute Gasteiger partial charge is 0.407 e. The van der Waals surface area contributed by atoms with Gasteiger partial charge in [-0.15, -0.1) is 0 Å². The Bertz CT molecular complexity index is 636. The number of pyridine rings is 1. The Hall–Kier alpha value is -2.64. The van der Waals surface area contributed by atoms with Crippen LogP contribution in [0.25, 0.3) is 0 Å². The number of nitrogen functional groups attached to an aromatic ring is 1. The molecule has 2 aromatic rings. The van der Waals surface area contributed by atoms with Gasteiger partial charge in [-0.25, -0.2) is 9.78 Å². The number of anilines is 1. The number of hydrogen-bond acceptors (Lipinski definition) is 6. The highest BCUT2D eigenvalue weighted by Gasteiger charge is 2.21. The van der Waals surface area contributed by atoms with Gasteiger partial charge >= 0.3 is 6.09 Å². The van der Waals surface area contributed by atoms with E-state index in [1.165, 1.54) is 6.20 Å². The van der Waals surface area contributed by atoms with Crippen LogP contribution in [0, 0.1) is 0 Å². The van der Waals surface area contributed by atoms with Crippen molar-refractivity contribution in [2.24, 2.45) is 0 Å². The Labute approximate surface area is 133 Å². The van der Waals surface area contributed by atoms with E-state index in [2.05, 4.69) is 10.3 Å². The van der Waals surface area contributed by atoms with Crippen LogP contribution in [-0.2, 0) is 11.3 Å². The SMILES string of the molecule is Nc1ncccc1C(O)C(O)CNC(=O)OCc1ccccc1. The summed E-state index contributed by atoms with van der Waals surface area (Å²) in [7, 11) is 0. The minimum atomic E-state index is -1.25. The molecule has 0 radical (unpaired) electrons. The number of carbonyl (C=O) groups is 1. The number of carbonyl (C=O) groups excluding carboxylic acids is 1. The molecule has 0 saturated heterocycles. The first kappa shape index (κ1) is 16.7. The predicted octanol–water partition coefficient (Wildman–Crippen LogP) is 0.984. The Kier molecular flexibility index (Phi) is 5.90. The van der Waals surface area contributed by atoms with Gasteiger partial charge in [-0.1, -0.05) is 36.4 Å². The van der Waals surface area contributed by atoms with Crippen LogP contribution in [-0.4, -0.2) is 33.9 Å². The van der Waals surface area contributed by atoms with Crippen LogP contribution in [0.3, 0.4) is 0 Å². The molecule has 0 aliphatic rings. The van der Waals surface area contributed by atoms with Crippen LogP contribution in [0.15, 0.2) is 48.7 Å². The second kappa shape index (κ2) is 8.11. The first-order chi connectivity index (χ1) is 11.1. The summed E-state index contributed by atoms with van der Waals surface area (Å²) in [5.74, 6) is 0.130. The van der Waals surface area contributed by atoms with Crippen LogP contribution in [0.4, 0.5) is 10.6 Å². The Morgan fingerprint density at radius 1 is 1.22 bits per heavy atom. The van der Waals surface area contributed by atoms with E-state index < -0.39 is 18.3 Å². The summed E-state index contributed by atoms with van der Waals surface area (Å²) in [5.41, 5.74) is 6.79. The van der Waals surface area contributed by atoms with Crippen LogP contribution in [0.1, 0.15) is 17.2 Å². The molecule has 2 atom stereocenters. The summed E-state index contributed by atoms with van der Waals surface area (Å²) in [4.78, 5) is 15.4. The van der Waals surface area contributed by atoms with Crippen LogP contribution >= 0.6 is 0 Å². The zero-order valence-corrected chi connectivity index (χ0v) is 12.4. The minimum absolute atomic E-state index is 0.126. The van der Waals surface area contributed by atoms with E-state index in [1.54, 1.807) is 12.1 Å². The summed E-state index contributed by atoms with van der Waals surface area (Å²) in [6.45, 7) is -0.0516. The molecule has 0 aliphatic carbocycles. The van der Waals surface area contributed by atoms with Crippen molar-refractivity contribution in [2.75, 3.05) is 12.3 Å². The van der Waals surface area contributed by atoms with Crippen molar-refractivity contribution in [3.05, 3.63) is 59.8 Å². The maximum absolute atomic E-state index is 11.6. The highest BCUT2D eigenvalue weighted by atomic mass is 16.5. The maximum Gasteiger partial charge on any atom is 0.407 e. The average molecular weight is 317 g/mol. The molecule has 0 bridgehead atoms. The number of alkyl carbamates (subject to hydrolysis) is 1. The van der Waals surface area contributed by atoms with E-state index in [-0.39, 0.29) is 19.0 Å². The summed E-state index contributed by atoms with van der Waals surface area (Å²) in [5, 5.41) is 22.3. The predicted molar refractivity (Wildman–Crippen MR) is 84.2 cm³/mol. The minimum Gasteiger partial charge on any atom is -0.445 e. The van der Waals surface area contributed by atoms with Gasteiger partial charge in [0.25, 0.3) is 0 Å². The lowest BCUT2D eigenvalue weighted by Crippen LogP contribution is -2.36. The summed E-state index contributed by atoms with van der Waals surface area (Å²) < 4.78 is 5.01. The standard InChI is InChI=1S/C16H19N3O4/c17-15-12(7-4-8-18-15)14(21)13(20)9-19-16(22)23-10-11-5-2-1-3-6-11/h1-8,13-14,20-21H,9-10H2,(H2,17,18)(H,19,22). The second-order valence-electron chi connectivity index (χ2n) is 4.93. The second-order valence-corrected chi connectivity index (χ2v) is 4.93. The number of aromatic nitrogens is 1. The first-order valence-corrected chi connectivity index (χ1v) is 7.09. The number of ether oxygens (including phenoxy) is 1. The van der Waals surface area contributed by atoms with Crippen LogP contribution in [0.2, 0.25) is 0 Å². The van der Waals surface area contributed by atoms with Crippen LogP contribution < -0.4 is 11.1 Å². The zero-order valence-electron chi connectivity index (χ0n) is 12.4. The topological polar surface area (TPSA) is 118 Å². The van der Waals surface area contributed by atoms with Crippen molar-refractivity contribution < 1.29 is 19.7 Å². The van der Waals surface area contributed by atoms with E-state index in [9.17, 15) is 15.0 Å². The lowest BCUT2D eigenvalue weighted by molar-refractivity contribution is 0.0187. The molecule has 0 saturated carbocycles. The highest BCUT2D eigenvalue weighted by molar-refractivity contribution is 5.67. The van der Waals surface area contributed by atoms with E-state index >= 15 is 0 Å². The molecule has 5 N–H and O–H groups in total. The molecule has 1 aromatic carbocycles. The lowest BCUT2D eigenvalue weighted by atomic mass is 10.1. The third-order valence-corrected chi connectivity index (χ3v) is 3.22. The number of rotatable bonds is 6. The van der Waals surface area contributed by atoms with Gasteiger partial charge in [0.15, 0.2) is 0 Å². The molecular formula is C16H19N3O4. The molecule has 23 heavy (non-hydrogen) atoms. The van der Waals surface area contributed by atoms with Crippen LogP contribution in [0.5, 0.6) is 0 Å². The largest absolute Gasteiger partial charge is 0.445 e. The van der Waals surface area contributed by atoms with Gasteiger partial charge in [0.05, 0.1) is 0 Å². The number of aliphatic hydroxyl groups excluding tert-OH is 2. The van der Waals surface area contributed by atoms with Gasteiger partial charge in [0.1, 0.15) is 24.6 Å². The van der Waals surface area contributed by atoms with E-state index in [0.29, 0.717) is 5.56 Å². The van der Waals surface area contributed by atoms with Gasteiger partial charge in [-0.2, -0.15) is 0 Å². The fourth-order valence-electron chi connectivity index (χ4n) is 1.96. The Morgan fingerprint density at radius 2 is 1.96 bits per heavy atom. The summed E-state index contributed by atoms with van der Waals surface area (Å²) in [6, 6.07) is 12.4. The average Bonchev–Trinajstić information content (AvgIpc) is 2.58. The molecule has 7 nitrogen and oxygen atoms in total. The molecule has 2 rings (SSSR count). The van der Waals surface area contributed by atoms with Crippen molar-refractivity contribution in [2.45, 2.75) is 18.8 Å². The molecule has 0 fully saturated rings. The number of aliphatic hydroxyl groups is 2. The molecule has 7 heteroatoms. The van der Waals surface area contributed by atoms with Crippen molar-refractivity contribution >= 4 is 11.9 Å². The molecule has 0 aliphatic heterocycles. The molecule has 0 spiro atoms. The third-order valence-electron chi connectivity index (χ3n) is 3.22. The monoisotopic (exact) mass is 317 g/mol. The number of nitrogens with one attached hydrogen (secondary N) is 1. The van der Waals surface area contributed by atoms with Gasteiger partial charge in [0.2, 0.25) is 0 Å². The first-order valence-electron chi connectivity index (χ1n) is 7.09. The zero-order chi connectivity index (χ0) is 16.7. The lowest BCUT2D eigenvalue weighted by Gasteiger charge is -2.19. The quantitative estimate of drug-likeness (QED) is 0.631. The van der Waals surface area contributed by atoms with E-state index in [0.717, 1.165) is 5.56 Å². The van der Waals surface area contributed by atoms with Gasteiger partial charge < -0.3 is 26.0 Å². The number of benzene rings is 1. The highest BCUT2D eigenvalue weighted by Crippen LogP contribution is 2.20. The van der Waals surface area contributed by atoms with Crippen molar-refractivity contribution in [3.8, 4) is 0 Å². The van der Waals surface area contributed by atoms with Gasteiger partial charge in [0, 0.05) is 18.3 Å². The number of nitrogens with two attached hydrogens (primary N) is 1. The van der Waals surface area contributed by atoms with Crippen molar-refractivity contribution in [1.29, 1.82) is 0 Å². The van der Waals surface area contributed by atoms with Gasteiger partial charge in [-0.05, 0) is 11.6 Å². The van der Waals surface area contributed by atoms with E-state index in [1.807, 2.05) is 30.3 Å². The number of nitrogens with zero attached hydrogens (tertiary/aromatic N) is 1. The molecule has 122 valence electrons. The molecular weight excluding hydrogens is 298 g/mol. The van der Waals surface area contributed by atoms with Gasteiger partial charge in [-0.3, -0.25) is 0 Å². The molecule has 1 amide bonds. The normalized spacial score (nSPS) is 13.1. The van der Waals surface area contributed by atoms with E-state index in [4.69, 9.17) is 10.5 Å². The maximum atomic E-state index is 11.6. The number of amides is 1. The summed E-state index contributed by atoms with van der Waals surface area (Å²) in [6.07, 6.45) is -1.68.